The third-order valence-corrected chi connectivity index (χ3v) is 2.86. The minimum atomic E-state index is 0.402. The molecule has 1 aromatic carbocycles. The monoisotopic (exact) mass is 274 g/mol. The molecule has 0 unspecified atom stereocenters. The molecule has 0 bridgehead atoms. The second-order valence-electron chi connectivity index (χ2n) is 3.91. The number of fused-ring (bicyclic) bond motifs is 1. The number of benzene rings is 1. The van der Waals surface area contributed by atoms with Gasteiger partial charge >= 0.3 is 0 Å². The minimum absolute atomic E-state index is 0.402. The molecule has 0 saturated heterocycles. The van der Waals surface area contributed by atoms with Crippen LogP contribution < -0.4 is 4.74 Å². The Balaban J connectivity index is 2.06. The van der Waals surface area contributed by atoms with Crippen LogP contribution in [0.4, 0.5) is 0 Å². The van der Waals surface area contributed by atoms with Crippen molar-refractivity contribution in [3.05, 3.63) is 41.6 Å². The Bertz CT molecular complexity index is 708. The molecule has 0 saturated carbocycles. The number of hydrogen-bond acceptors (Lipinski definition) is 4. The zero-order valence-corrected chi connectivity index (χ0v) is 11.0. The lowest BCUT2D eigenvalue weighted by Gasteiger charge is -2.03. The molecule has 0 N–H and O–H groups in total. The van der Waals surface area contributed by atoms with Crippen molar-refractivity contribution in [1.82, 2.24) is 19.8 Å². The van der Waals surface area contributed by atoms with E-state index in [0.717, 1.165) is 11.3 Å². The fourth-order valence-electron chi connectivity index (χ4n) is 1.81. The van der Waals surface area contributed by atoms with Gasteiger partial charge in [0, 0.05) is 5.56 Å². The standard InChI is InChI=1S/C13H11ClN4O/c1-2-19-10-5-3-9(4-6-10)13-16-15-12-8-7-11(14)17-18(12)13/h3-8H,2H2,1H3. The largest absolute Gasteiger partial charge is 0.494 e. The SMILES string of the molecule is CCOc1ccc(-c2nnc3ccc(Cl)nn23)cc1. The van der Waals surface area contributed by atoms with Gasteiger partial charge in [0.25, 0.3) is 0 Å². The Kier molecular flexibility index (Phi) is 3.05. The summed E-state index contributed by atoms with van der Waals surface area (Å²) < 4.78 is 7.03. The van der Waals surface area contributed by atoms with E-state index in [9.17, 15) is 0 Å². The van der Waals surface area contributed by atoms with Crippen molar-refractivity contribution >= 4 is 17.2 Å². The van der Waals surface area contributed by atoms with Gasteiger partial charge in [0.2, 0.25) is 0 Å². The predicted molar refractivity (Wildman–Crippen MR) is 72.4 cm³/mol. The van der Waals surface area contributed by atoms with E-state index in [4.69, 9.17) is 16.3 Å². The van der Waals surface area contributed by atoms with Crippen LogP contribution in [0.3, 0.4) is 0 Å². The van der Waals surface area contributed by atoms with Crippen molar-refractivity contribution in [3.8, 4) is 17.1 Å². The van der Waals surface area contributed by atoms with Gasteiger partial charge in [-0.3, -0.25) is 0 Å². The summed E-state index contributed by atoms with van der Waals surface area (Å²) in [6.07, 6.45) is 0. The van der Waals surface area contributed by atoms with Gasteiger partial charge in [0.15, 0.2) is 11.5 Å². The van der Waals surface area contributed by atoms with Gasteiger partial charge in [-0.25, -0.2) is 0 Å². The molecule has 5 nitrogen and oxygen atoms in total. The average molecular weight is 275 g/mol. The Morgan fingerprint density at radius 1 is 1.11 bits per heavy atom. The molecule has 0 aliphatic heterocycles. The predicted octanol–water partition coefficient (Wildman–Crippen LogP) is 2.84. The van der Waals surface area contributed by atoms with E-state index in [1.807, 2.05) is 31.2 Å². The number of ether oxygens (including phenoxy) is 1. The maximum absolute atomic E-state index is 5.89. The summed E-state index contributed by atoms with van der Waals surface area (Å²) in [5.41, 5.74) is 1.57. The van der Waals surface area contributed by atoms with Crippen LogP contribution in [0.25, 0.3) is 17.0 Å². The molecule has 6 heteroatoms. The van der Waals surface area contributed by atoms with Gasteiger partial charge in [-0.1, -0.05) is 11.6 Å². The lowest BCUT2D eigenvalue weighted by Crippen LogP contribution is -1.95. The Hall–Kier alpha value is -2.14. The van der Waals surface area contributed by atoms with Crippen LogP contribution in [0.2, 0.25) is 5.15 Å². The van der Waals surface area contributed by atoms with E-state index in [2.05, 4.69) is 15.3 Å². The van der Waals surface area contributed by atoms with E-state index in [1.165, 1.54) is 0 Å². The highest BCUT2D eigenvalue weighted by atomic mass is 35.5. The molecule has 2 heterocycles. The van der Waals surface area contributed by atoms with Crippen LogP contribution in [0.1, 0.15) is 6.92 Å². The molecule has 2 aromatic heterocycles. The first kappa shape index (κ1) is 11.9. The summed E-state index contributed by atoms with van der Waals surface area (Å²) in [6, 6.07) is 11.1. The van der Waals surface area contributed by atoms with Crippen LogP contribution >= 0.6 is 11.6 Å². The molecule has 3 aromatic rings. The normalized spacial score (nSPS) is 10.8. The Morgan fingerprint density at radius 3 is 2.63 bits per heavy atom. The molecule has 0 amide bonds. The summed E-state index contributed by atoms with van der Waals surface area (Å²) in [6.45, 7) is 2.59. The maximum atomic E-state index is 5.89. The molecule has 0 radical (unpaired) electrons. The summed E-state index contributed by atoms with van der Waals surface area (Å²) >= 11 is 5.89. The lowest BCUT2D eigenvalue weighted by molar-refractivity contribution is 0.340. The molecule has 19 heavy (non-hydrogen) atoms. The Morgan fingerprint density at radius 2 is 1.89 bits per heavy atom. The van der Waals surface area contributed by atoms with Crippen molar-refractivity contribution in [2.24, 2.45) is 0 Å². The highest BCUT2D eigenvalue weighted by Crippen LogP contribution is 2.21. The molecule has 96 valence electrons. The zero-order valence-electron chi connectivity index (χ0n) is 10.2. The summed E-state index contributed by atoms with van der Waals surface area (Å²) in [7, 11) is 0. The van der Waals surface area contributed by atoms with Crippen LogP contribution in [0, 0.1) is 0 Å². The molecular formula is C13H11ClN4O. The van der Waals surface area contributed by atoms with Gasteiger partial charge in [-0.2, -0.15) is 9.61 Å². The highest BCUT2D eigenvalue weighted by Gasteiger charge is 2.09. The van der Waals surface area contributed by atoms with Crippen molar-refractivity contribution < 1.29 is 4.74 Å². The average Bonchev–Trinajstić information content (AvgIpc) is 2.83. The molecule has 0 atom stereocenters. The molecule has 3 rings (SSSR count). The van der Waals surface area contributed by atoms with E-state index in [1.54, 1.807) is 16.6 Å². The molecular weight excluding hydrogens is 264 g/mol. The van der Waals surface area contributed by atoms with Gasteiger partial charge in [-0.15, -0.1) is 10.2 Å². The summed E-state index contributed by atoms with van der Waals surface area (Å²) in [5.74, 6) is 1.48. The van der Waals surface area contributed by atoms with Crippen LogP contribution in [-0.4, -0.2) is 26.4 Å². The number of halogens is 1. The van der Waals surface area contributed by atoms with Crippen molar-refractivity contribution in [2.75, 3.05) is 6.61 Å². The van der Waals surface area contributed by atoms with Crippen molar-refractivity contribution in [3.63, 3.8) is 0 Å². The first-order valence-electron chi connectivity index (χ1n) is 5.89. The van der Waals surface area contributed by atoms with Crippen LogP contribution in [-0.2, 0) is 0 Å². The molecule has 0 aliphatic carbocycles. The third kappa shape index (κ3) is 2.24. The summed E-state index contributed by atoms with van der Waals surface area (Å²) in [5, 5.41) is 12.8. The number of aromatic nitrogens is 4. The number of rotatable bonds is 3. The number of hydrogen-bond donors (Lipinski definition) is 0. The smallest absolute Gasteiger partial charge is 0.185 e. The van der Waals surface area contributed by atoms with E-state index < -0.39 is 0 Å². The fourth-order valence-corrected chi connectivity index (χ4v) is 1.95. The van der Waals surface area contributed by atoms with Crippen molar-refractivity contribution in [1.29, 1.82) is 0 Å². The topological polar surface area (TPSA) is 52.3 Å². The Labute approximate surface area is 114 Å². The fraction of sp³-hybridized carbons (Fsp3) is 0.154. The van der Waals surface area contributed by atoms with Gasteiger partial charge < -0.3 is 4.74 Å². The molecule has 0 aliphatic rings. The van der Waals surface area contributed by atoms with Crippen molar-refractivity contribution in [2.45, 2.75) is 6.92 Å². The lowest BCUT2D eigenvalue weighted by atomic mass is 10.2. The van der Waals surface area contributed by atoms with E-state index in [-0.39, 0.29) is 0 Å². The van der Waals surface area contributed by atoms with E-state index >= 15 is 0 Å². The highest BCUT2D eigenvalue weighted by molar-refractivity contribution is 6.29. The first-order valence-corrected chi connectivity index (χ1v) is 6.27. The maximum Gasteiger partial charge on any atom is 0.185 e. The number of nitrogens with zero attached hydrogens (tertiary/aromatic N) is 4. The molecule has 0 spiro atoms. The van der Waals surface area contributed by atoms with Crippen LogP contribution in [0.15, 0.2) is 36.4 Å². The zero-order chi connectivity index (χ0) is 13.2. The second-order valence-corrected chi connectivity index (χ2v) is 4.29. The van der Waals surface area contributed by atoms with Crippen LogP contribution in [0.5, 0.6) is 5.75 Å². The van der Waals surface area contributed by atoms with Gasteiger partial charge in [-0.05, 0) is 43.3 Å². The van der Waals surface area contributed by atoms with E-state index in [0.29, 0.717) is 23.2 Å². The third-order valence-electron chi connectivity index (χ3n) is 2.65. The summed E-state index contributed by atoms with van der Waals surface area (Å²) in [4.78, 5) is 0. The quantitative estimate of drug-likeness (QED) is 0.737. The first-order chi connectivity index (χ1) is 9.28. The van der Waals surface area contributed by atoms with Gasteiger partial charge in [0.05, 0.1) is 6.61 Å². The minimum Gasteiger partial charge on any atom is -0.494 e. The second kappa shape index (κ2) is 4.85. The molecule has 0 fully saturated rings. The van der Waals surface area contributed by atoms with Gasteiger partial charge in [0.1, 0.15) is 10.9 Å².